The molecule has 1 amide bonds. The number of amides is 1. The Morgan fingerprint density at radius 2 is 1.65 bits per heavy atom. The molecule has 0 atom stereocenters. The smallest absolute Gasteiger partial charge is 0.223 e. The molecule has 0 radical (unpaired) electrons. The first kappa shape index (κ1) is 20.7. The molecule has 5 aromatic rings. The quantitative estimate of drug-likeness (QED) is 0.367. The molecule has 3 aromatic carbocycles. The average molecular weight is 449 g/mol. The van der Waals surface area contributed by atoms with Crippen LogP contribution in [0.4, 0.5) is 0 Å². The Balaban J connectivity index is 1.15. The van der Waals surface area contributed by atoms with E-state index < -0.39 is 0 Å². The predicted molar refractivity (Wildman–Crippen MR) is 136 cm³/mol. The number of piperidine rings is 1. The Morgan fingerprint density at radius 1 is 0.912 bits per heavy atom. The zero-order valence-corrected chi connectivity index (χ0v) is 19.2. The predicted octanol–water partition coefficient (Wildman–Crippen LogP) is 5.85. The number of fused-ring (bicyclic) bond motifs is 2. The van der Waals surface area contributed by atoms with Crippen molar-refractivity contribution in [3.05, 3.63) is 96.4 Å². The van der Waals surface area contributed by atoms with Gasteiger partial charge in [-0.2, -0.15) is 0 Å². The van der Waals surface area contributed by atoms with Gasteiger partial charge in [0, 0.05) is 48.7 Å². The lowest BCUT2D eigenvalue weighted by molar-refractivity contribution is -0.132. The van der Waals surface area contributed by atoms with E-state index in [1.807, 2.05) is 41.3 Å². The number of nitrogens with zero attached hydrogens (tertiary/aromatic N) is 3. The van der Waals surface area contributed by atoms with Crippen LogP contribution in [-0.2, 0) is 11.2 Å². The van der Waals surface area contributed by atoms with E-state index in [-0.39, 0.29) is 5.91 Å². The number of imidazole rings is 1. The van der Waals surface area contributed by atoms with Crippen molar-refractivity contribution in [1.29, 1.82) is 0 Å². The highest BCUT2D eigenvalue weighted by atomic mass is 16.2. The first-order valence-electron chi connectivity index (χ1n) is 12.1. The highest BCUT2D eigenvalue weighted by Crippen LogP contribution is 2.33. The summed E-state index contributed by atoms with van der Waals surface area (Å²) in [4.78, 5) is 23.4. The van der Waals surface area contributed by atoms with Crippen LogP contribution in [0.25, 0.3) is 27.6 Å². The number of nitrogens with one attached hydrogen (secondary N) is 1. The first-order valence-corrected chi connectivity index (χ1v) is 12.1. The second-order valence-corrected chi connectivity index (χ2v) is 9.13. The van der Waals surface area contributed by atoms with Gasteiger partial charge in [0.25, 0.3) is 0 Å². The summed E-state index contributed by atoms with van der Waals surface area (Å²) in [5, 5.41) is 1.31. The Kier molecular flexibility index (Phi) is 5.38. The summed E-state index contributed by atoms with van der Waals surface area (Å²) >= 11 is 0. The van der Waals surface area contributed by atoms with E-state index in [0.29, 0.717) is 18.8 Å². The summed E-state index contributed by atoms with van der Waals surface area (Å²) in [5.74, 6) is 1.67. The lowest BCUT2D eigenvalue weighted by atomic mass is 9.89. The molecule has 5 heteroatoms. The van der Waals surface area contributed by atoms with Crippen LogP contribution in [0, 0.1) is 0 Å². The molecular weight excluding hydrogens is 420 g/mol. The molecule has 1 aliphatic heterocycles. The van der Waals surface area contributed by atoms with Gasteiger partial charge in [0.1, 0.15) is 5.82 Å². The molecule has 0 aliphatic carbocycles. The van der Waals surface area contributed by atoms with Crippen molar-refractivity contribution in [2.24, 2.45) is 0 Å². The number of aryl methyl sites for hydroxylation is 1. The van der Waals surface area contributed by atoms with Gasteiger partial charge in [-0.05, 0) is 54.7 Å². The molecule has 34 heavy (non-hydrogen) atoms. The maximum Gasteiger partial charge on any atom is 0.223 e. The van der Waals surface area contributed by atoms with Crippen molar-refractivity contribution in [1.82, 2.24) is 19.4 Å². The number of H-pyrrole nitrogens is 1. The van der Waals surface area contributed by atoms with E-state index >= 15 is 0 Å². The van der Waals surface area contributed by atoms with Crippen LogP contribution in [-0.4, -0.2) is 38.4 Å². The molecule has 1 fully saturated rings. The van der Waals surface area contributed by atoms with Crippen LogP contribution in [0.15, 0.2) is 85.1 Å². The number of carbonyl (C=O) groups excluding carboxylic acids is 1. The van der Waals surface area contributed by atoms with Crippen molar-refractivity contribution >= 4 is 27.8 Å². The van der Waals surface area contributed by atoms with Gasteiger partial charge in [0.15, 0.2) is 0 Å². The molecule has 5 nitrogen and oxygen atoms in total. The van der Waals surface area contributed by atoms with E-state index in [1.165, 1.54) is 16.5 Å². The van der Waals surface area contributed by atoms with Crippen LogP contribution in [0.1, 0.15) is 36.6 Å². The third-order valence-electron chi connectivity index (χ3n) is 7.12. The second-order valence-electron chi connectivity index (χ2n) is 9.13. The minimum atomic E-state index is 0.226. The molecule has 2 aromatic heterocycles. The standard InChI is InChI=1S/C29H28N4O/c34-29(32-18-16-21(17-19-32)24-20-30-25-11-5-4-10-23(24)25)15-14-28-31-26-12-6-7-13-27(26)33(28)22-8-2-1-3-9-22/h1-13,20-21,30H,14-19H2. The molecule has 0 saturated carbocycles. The summed E-state index contributed by atoms with van der Waals surface area (Å²) in [7, 11) is 0. The number of carbonyl (C=O) groups is 1. The highest BCUT2D eigenvalue weighted by molar-refractivity contribution is 5.84. The SMILES string of the molecule is O=C(CCc1nc2ccccc2n1-c1ccccc1)N1CCC(c2c[nH]c3ccccc23)CC1. The van der Waals surface area contributed by atoms with Gasteiger partial charge in [-0.3, -0.25) is 9.36 Å². The second kappa shape index (κ2) is 8.82. The van der Waals surface area contributed by atoms with Crippen LogP contribution >= 0.6 is 0 Å². The van der Waals surface area contributed by atoms with Gasteiger partial charge >= 0.3 is 0 Å². The molecule has 1 aliphatic rings. The number of aromatic nitrogens is 3. The van der Waals surface area contributed by atoms with Crippen LogP contribution in [0.5, 0.6) is 0 Å². The third kappa shape index (κ3) is 3.77. The molecule has 0 bridgehead atoms. The number of rotatable bonds is 5. The Hall–Kier alpha value is -3.86. The van der Waals surface area contributed by atoms with Gasteiger partial charge in [0.05, 0.1) is 11.0 Å². The fourth-order valence-corrected chi connectivity index (χ4v) is 5.36. The monoisotopic (exact) mass is 448 g/mol. The molecule has 6 rings (SSSR count). The van der Waals surface area contributed by atoms with Crippen LogP contribution in [0.2, 0.25) is 0 Å². The van der Waals surface area contributed by atoms with Gasteiger partial charge in [-0.15, -0.1) is 0 Å². The lowest BCUT2D eigenvalue weighted by Gasteiger charge is -2.32. The van der Waals surface area contributed by atoms with Crippen LogP contribution < -0.4 is 0 Å². The fourth-order valence-electron chi connectivity index (χ4n) is 5.36. The number of benzene rings is 3. The van der Waals surface area contributed by atoms with Gasteiger partial charge < -0.3 is 9.88 Å². The average Bonchev–Trinajstić information content (AvgIpc) is 3.49. The molecule has 0 spiro atoms. The van der Waals surface area contributed by atoms with Crippen molar-refractivity contribution < 1.29 is 4.79 Å². The zero-order chi connectivity index (χ0) is 22.9. The maximum atomic E-state index is 13.1. The zero-order valence-electron chi connectivity index (χ0n) is 19.2. The van der Waals surface area contributed by atoms with E-state index in [2.05, 4.69) is 58.2 Å². The van der Waals surface area contributed by atoms with Crippen molar-refractivity contribution in [3.63, 3.8) is 0 Å². The largest absolute Gasteiger partial charge is 0.361 e. The third-order valence-corrected chi connectivity index (χ3v) is 7.12. The van der Waals surface area contributed by atoms with Crippen molar-refractivity contribution in [3.8, 4) is 5.69 Å². The Bertz CT molecular complexity index is 1440. The molecule has 1 saturated heterocycles. The molecule has 170 valence electrons. The van der Waals surface area contributed by atoms with E-state index in [9.17, 15) is 4.79 Å². The molecule has 0 unspecified atom stereocenters. The Labute approximate surface area is 199 Å². The number of para-hydroxylation sites is 4. The van der Waals surface area contributed by atoms with Crippen molar-refractivity contribution in [2.45, 2.75) is 31.6 Å². The highest BCUT2D eigenvalue weighted by Gasteiger charge is 2.25. The summed E-state index contributed by atoms with van der Waals surface area (Å²) in [6.07, 6.45) is 5.28. The normalized spacial score (nSPS) is 14.8. The summed E-state index contributed by atoms with van der Waals surface area (Å²) in [6, 6.07) is 26.9. The van der Waals surface area contributed by atoms with Gasteiger partial charge in [-0.25, -0.2) is 4.98 Å². The summed E-state index contributed by atoms with van der Waals surface area (Å²) in [5.41, 5.74) is 5.71. The topological polar surface area (TPSA) is 53.9 Å². The first-order chi connectivity index (χ1) is 16.8. The van der Waals surface area contributed by atoms with Gasteiger partial charge in [0.2, 0.25) is 5.91 Å². The number of hydrogen-bond acceptors (Lipinski definition) is 2. The van der Waals surface area contributed by atoms with Crippen molar-refractivity contribution in [2.75, 3.05) is 13.1 Å². The van der Waals surface area contributed by atoms with Crippen LogP contribution in [0.3, 0.4) is 0 Å². The van der Waals surface area contributed by atoms with E-state index in [0.717, 1.165) is 48.5 Å². The summed E-state index contributed by atoms with van der Waals surface area (Å²) < 4.78 is 2.19. The van der Waals surface area contributed by atoms with Gasteiger partial charge in [-0.1, -0.05) is 48.5 Å². The van der Waals surface area contributed by atoms with E-state index in [1.54, 1.807) is 0 Å². The Morgan fingerprint density at radius 3 is 2.50 bits per heavy atom. The lowest BCUT2D eigenvalue weighted by Crippen LogP contribution is -2.38. The van der Waals surface area contributed by atoms with E-state index in [4.69, 9.17) is 4.98 Å². The maximum absolute atomic E-state index is 13.1. The molecule has 3 heterocycles. The summed E-state index contributed by atoms with van der Waals surface area (Å²) in [6.45, 7) is 1.64. The number of aromatic amines is 1. The molecule has 1 N–H and O–H groups in total. The molecular formula is C29H28N4O. The fraction of sp³-hybridized carbons (Fsp3) is 0.241. The minimum absolute atomic E-state index is 0.226. The minimum Gasteiger partial charge on any atom is -0.361 e. The number of likely N-dealkylation sites (tertiary alicyclic amines) is 1. The number of hydrogen-bond donors (Lipinski definition) is 1.